The molecule has 162 valence electrons. The second-order valence-corrected chi connectivity index (χ2v) is 8.58. The van der Waals surface area contributed by atoms with Gasteiger partial charge in [0.25, 0.3) is 5.91 Å². The van der Waals surface area contributed by atoms with Crippen LogP contribution in [0.3, 0.4) is 0 Å². The first-order valence-corrected chi connectivity index (χ1v) is 11.4. The third-order valence-corrected chi connectivity index (χ3v) is 6.17. The van der Waals surface area contributed by atoms with E-state index in [0.717, 1.165) is 32.8 Å². The summed E-state index contributed by atoms with van der Waals surface area (Å²) in [6.45, 7) is 1.63. The third kappa shape index (κ3) is 4.33. The van der Waals surface area contributed by atoms with E-state index in [2.05, 4.69) is 10.3 Å². The molecule has 4 aromatic carbocycles. The Morgan fingerprint density at radius 1 is 0.909 bits per heavy atom. The quantitative estimate of drug-likeness (QED) is 0.254. The van der Waals surface area contributed by atoms with Crippen molar-refractivity contribution in [1.82, 2.24) is 4.98 Å². The molecular weight excluding hydrogens is 432 g/mol. The van der Waals surface area contributed by atoms with Crippen molar-refractivity contribution in [2.24, 2.45) is 0 Å². The van der Waals surface area contributed by atoms with Gasteiger partial charge in [-0.15, -0.1) is 11.3 Å². The number of ether oxygens (including phenoxy) is 1. The highest BCUT2D eigenvalue weighted by molar-refractivity contribution is 7.14. The van der Waals surface area contributed by atoms with Crippen molar-refractivity contribution < 1.29 is 14.3 Å². The Morgan fingerprint density at radius 2 is 1.55 bits per heavy atom. The van der Waals surface area contributed by atoms with Crippen LogP contribution in [0.5, 0.6) is 0 Å². The fourth-order valence-corrected chi connectivity index (χ4v) is 4.52. The van der Waals surface area contributed by atoms with Crippen molar-refractivity contribution in [3.8, 4) is 11.3 Å². The Balaban J connectivity index is 1.31. The van der Waals surface area contributed by atoms with E-state index < -0.39 is 18.5 Å². The lowest BCUT2D eigenvalue weighted by atomic mass is 9.97. The summed E-state index contributed by atoms with van der Waals surface area (Å²) in [5.74, 6) is -0.963. The zero-order valence-electron chi connectivity index (χ0n) is 17.9. The number of nitrogens with zero attached hydrogens (tertiary/aromatic N) is 1. The van der Waals surface area contributed by atoms with Crippen LogP contribution in [0.1, 0.15) is 15.9 Å². The van der Waals surface area contributed by atoms with E-state index in [1.807, 2.05) is 91.2 Å². The summed E-state index contributed by atoms with van der Waals surface area (Å²) in [5, 5.41) is 8.54. The fraction of sp³-hybridized carbons (Fsp3) is 0.0741. The van der Waals surface area contributed by atoms with Gasteiger partial charge in [0.2, 0.25) is 0 Å². The molecule has 0 spiro atoms. The summed E-state index contributed by atoms with van der Waals surface area (Å²) >= 11 is 1.33. The summed E-state index contributed by atoms with van der Waals surface area (Å²) in [7, 11) is 0. The number of anilines is 1. The van der Waals surface area contributed by atoms with E-state index in [1.54, 1.807) is 0 Å². The largest absolute Gasteiger partial charge is 0.452 e. The number of carbonyl (C=O) groups excluding carboxylic acids is 2. The number of carbonyl (C=O) groups is 2. The number of aryl methyl sites for hydroxylation is 1. The van der Waals surface area contributed by atoms with Gasteiger partial charge in [-0.1, -0.05) is 78.4 Å². The number of benzene rings is 4. The van der Waals surface area contributed by atoms with Crippen LogP contribution in [-0.2, 0) is 9.53 Å². The van der Waals surface area contributed by atoms with Crippen molar-refractivity contribution in [3.05, 3.63) is 95.4 Å². The van der Waals surface area contributed by atoms with Gasteiger partial charge in [-0.05, 0) is 34.5 Å². The van der Waals surface area contributed by atoms with E-state index in [-0.39, 0.29) is 0 Å². The van der Waals surface area contributed by atoms with Crippen molar-refractivity contribution >= 4 is 49.9 Å². The second kappa shape index (κ2) is 8.84. The molecule has 33 heavy (non-hydrogen) atoms. The first-order valence-electron chi connectivity index (χ1n) is 10.5. The monoisotopic (exact) mass is 452 g/mol. The zero-order valence-corrected chi connectivity index (χ0v) is 18.7. The number of nitrogens with one attached hydrogen (secondary N) is 1. The van der Waals surface area contributed by atoms with Gasteiger partial charge in [0.15, 0.2) is 11.7 Å². The molecular formula is C27H20N2O3S. The van der Waals surface area contributed by atoms with Crippen LogP contribution >= 0.6 is 11.3 Å². The van der Waals surface area contributed by atoms with Gasteiger partial charge in [-0.3, -0.25) is 10.1 Å². The molecule has 0 unspecified atom stereocenters. The maximum Gasteiger partial charge on any atom is 0.339 e. The fourth-order valence-electron chi connectivity index (χ4n) is 3.78. The molecule has 5 nitrogen and oxygen atoms in total. The molecule has 0 aliphatic heterocycles. The summed E-state index contributed by atoms with van der Waals surface area (Å²) in [4.78, 5) is 29.9. The molecule has 1 N–H and O–H groups in total. The number of amides is 1. The molecule has 0 radical (unpaired) electrons. The van der Waals surface area contributed by atoms with Crippen molar-refractivity contribution in [2.75, 3.05) is 11.9 Å². The zero-order chi connectivity index (χ0) is 22.8. The maximum absolute atomic E-state index is 13.0. The van der Waals surface area contributed by atoms with Gasteiger partial charge in [0, 0.05) is 10.9 Å². The Morgan fingerprint density at radius 3 is 2.21 bits per heavy atom. The van der Waals surface area contributed by atoms with E-state index in [9.17, 15) is 9.59 Å². The Bertz CT molecular complexity index is 1430. The summed E-state index contributed by atoms with van der Waals surface area (Å²) < 4.78 is 5.41. The minimum absolute atomic E-state index is 0.393. The molecule has 0 atom stereocenters. The van der Waals surface area contributed by atoms with Crippen molar-refractivity contribution in [2.45, 2.75) is 6.92 Å². The number of rotatable bonds is 5. The molecule has 0 bridgehead atoms. The van der Waals surface area contributed by atoms with Crippen LogP contribution in [0.4, 0.5) is 5.13 Å². The van der Waals surface area contributed by atoms with Crippen LogP contribution in [0, 0.1) is 6.92 Å². The molecule has 5 rings (SSSR count). The molecule has 6 heteroatoms. The maximum atomic E-state index is 13.0. The van der Waals surface area contributed by atoms with Crippen molar-refractivity contribution in [3.63, 3.8) is 0 Å². The Kier molecular flexibility index (Phi) is 5.59. The van der Waals surface area contributed by atoms with E-state index >= 15 is 0 Å². The van der Waals surface area contributed by atoms with Crippen LogP contribution < -0.4 is 5.32 Å². The molecule has 1 aromatic heterocycles. The normalized spacial score (nSPS) is 10.9. The first-order chi connectivity index (χ1) is 16.1. The van der Waals surface area contributed by atoms with E-state index in [0.29, 0.717) is 10.7 Å². The van der Waals surface area contributed by atoms with Crippen LogP contribution in [0.2, 0.25) is 0 Å². The van der Waals surface area contributed by atoms with Crippen LogP contribution in [0.25, 0.3) is 32.8 Å². The Hall–Kier alpha value is -4.03. The van der Waals surface area contributed by atoms with Gasteiger partial charge >= 0.3 is 5.97 Å². The number of fused-ring (bicyclic) bond motifs is 2. The molecule has 1 amide bonds. The molecule has 5 aromatic rings. The predicted octanol–water partition coefficient (Wildman–Crippen LogP) is 6.22. The topological polar surface area (TPSA) is 68.3 Å². The highest BCUT2D eigenvalue weighted by Crippen LogP contribution is 2.29. The van der Waals surface area contributed by atoms with Gasteiger partial charge in [0.1, 0.15) is 0 Å². The lowest BCUT2D eigenvalue weighted by Crippen LogP contribution is -2.21. The van der Waals surface area contributed by atoms with E-state index in [1.165, 1.54) is 16.9 Å². The minimum Gasteiger partial charge on any atom is -0.452 e. The van der Waals surface area contributed by atoms with Crippen molar-refractivity contribution in [1.29, 1.82) is 0 Å². The average Bonchev–Trinajstić information content (AvgIpc) is 3.29. The number of aromatic nitrogens is 1. The second-order valence-electron chi connectivity index (χ2n) is 7.72. The highest BCUT2D eigenvalue weighted by Gasteiger charge is 2.18. The standard InChI is InChI=1S/C27H20N2O3S/c1-17-10-12-18(13-11-17)23-16-33-27(28-23)29-24(30)15-32-26(31)25-21-8-4-2-6-19(21)14-20-7-3-5-9-22(20)25/h2-14,16H,15H2,1H3,(H,28,29,30). The smallest absolute Gasteiger partial charge is 0.339 e. The molecule has 0 aliphatic rings. The molecule has 0 fully saturated rings. The van der Waals surface area contributed by atoms with E-state index in [4.69, 9.17) is 4.74 Å². The van der Waals surface area contributed by atoms with Crippen LogP contribution in [0.15, 0.2) is 84.2 Å². The predicted molar refractivity (Wildman–Crippen MR) is 133 cm³/mol. The average molecular weight is 453 g/mol. The molecule has 0 saturated heterocycles. The summed E-state index contributed by atoms with van der Waals surface area (Å²) in [6, 6.07) is 25.4. The number of hydrogen-bond donors (Lipinski definition) is 1. The molecule has 0 aliphatic carbocycles. The lowest BCUT2D eigenvalue weighted by Gasteiger charge is -2.11. The van der Waals surface area contributed by atoms with Gasteiger partial charge < -0.3 is 4.74 Å². The first kappa shape index (κ1) is 20.8. The number of hydrogen-bond acceptors (Lipinski definition) is 5. The van der Waals surface area contributed by atoms with Gasteiger partial charge in [-0.25, -0.2) is 9.78 Å². The highest BCUT2D eigenvalue weighted by atomic mass is 32.1. The summed E-state index contributed by atoms with van der Waals surface area (Å²) in [6.07, 6.45) is 0. The third-order valence-electron chi connectivity index (χ3n) is 5.41. The molecule has 1 heterocycles. The molecule has 0 saturated carbocycles. The minimum atomic E-state index is -0.530. The number of thiazole rings is 1. The Labute approximate surface area is 194 Å². The van der Waals surface area contributed by atoms with Crippen LogP contribution in [-0.4, -0.2) is 23.5 Å². The van der Waals surface area contributed by atoms with Gasteiger partial charge in [0.05, 0.1) is 11.3 Å². The van der Waals surface area contributed by atoms with Gasteiger partial charge in [-0.2, -0.15) is 0 Å². The lowest BCUT2D eigenvalue weighted by molar-refractivity contribution is -0.119. The summed E-state index contributed by atoms with van der Waals surface area (Å²) in [5.41, 5.74) is 3.40. The number of esters is 1. The SMILES string of the molecule is Cc1ccc(-c2csc(NC(=O)COC(=O)c3c4ccccc4cc4ccccc34)n2)cc1.